The van der Waals surface area contributed by atoms with E-state index in [1.165, 1.54) is 22.5 Å². The normalized spacial score (nSPS) is 17.7. The third-order valence-corrected chi connectivity index (χ3v) is 7.28. The highest BCUT2D eigenvalue weighted by molar-refractivity contribution is 7.89. The Kier molecular flexibility index (Phi) is 7.05. The van der Waals surface area contributed by atoms with Crippen LogP contribution in [-0.2, 0) is 14.8 Å². The second-order valence-corrected chi connectivity index (χ2v) is 9.47. The maximum Gasteiger partial charge on any atom is 0.244 e. The Morgan fingerprint density at radius 3 is 2.62 bits per heavy atom. The summed E-state index contributed by atoms with van der Waals surface area (Å²) in [6.07, 6.45) is 1.19. The molecule has 1 fully saturated rings. The molecule has 1 atom stereocenters. The zero-order chi connectivity index (χ0) is 21.0. The second kappa shape index (κ2) is 9.34. The van der Waals surface area contributed by atoms with Crippen LogP contribution >= 0.6 is 23.2 Å². The molecule has 1 aliphatic rings. The van der Waals surface area contributed by atoms with E-state index in [1.807, 2.05) is 6.92 Å². The zero-order valence-corrected chi connectivity index (χ0v) is 18.2. The van der Waals surface area contributed by atoms with E-state index >= 15 is 0 Å². The number of amides is 1. The minimum absolute atomic E-state index is 0.0424. The van der Waals surface area contributed by atoms with Gasteiger partial charge in [0, 0.05) is 23.8 Å². The van der Waals surface area contributed by atoms with Crippen LogP contribution in [0.3, 0.4) is 0 Å². The zero-order valence-electron chi connectivity index (χ0n) is 15.9. The molecule has 1 N–H and O–H groups in total. The van der Waals surface area contributed by atoms with Crippen LogP contribution in [0.1, 0.15) is 19.8 Å². The minimum atomic E-state index is -3.85. The van der Waals surface area contributed by atoms with Gasteiger partial charge < -0.3 is 10.1 Å². The molecule has 0 unspecified atom stereocenters. The van der Waals surface area contributed by atoms with Crippen molar-refractivity contribution in [3.05, 3.63) is 52.5 Å². The van der Waals surface area contributed by atoms with Crippen LogP contribution in [0.2, 0.25) is 10.0 Å². The number of benzene rings is 2. The lowest BCUT2D eigenvalue weighted by molar-refractivity contribution is -0.120. The summed E-state index contributed by atoms with van der Waals surface area (Å²) < 4.78 is 32.7. The number of rotatable bonds is 6. The van der Waals surface area contributed by atoms with Crippen LogP contribution in [0.4, 0.5) is 5.69 Å². The summed E-state index contributed by atoms with van der Waals surface area (Å²) in [6, 6.07) is 11.4. The van der Waals surface area contributed by atoms with E-state index in [4.69, 9.17) is 27.9 Å². The van der Waals surface area contributed by atoms with Crippen molar-refractivity contribution in [3.63, 3.8) is 0 Å². The van der Waals surface area contributed by atoms with Gasteiger partial charge in [-0.1, -0.05) is 23.2 Å². The lowest BCUT2D eigenvalue weighted by atomic mass is 9.99. The molecule has 0 radical (unpaired) electrons. The van der Waals surface area contributed by atoms with Crippen molar-refractivity contribution in [3.8, 4) is 5.75 Å². The van der Waals surface area contributed by atoms with Gasteiger partial charge >= 0.3 is 0 Å². The highest BCUT2D eigenvalue weighted by Crippen LogP contribution is 2.30. The first-order chi connectivity index (χ1) is 13.8. The Bertz CT molecular complexity index is 980. The molecule has 0 saturated carbocycles. The van der Waals surface area contributed by atoms with E-state index in [9.17, 15) is 13.2 Å². The van der Waals surface area contributed by atoms with Gasteiger partial charge in [0.25, 0.3) is 0 Å². The fraction of sp³-hybridized carbons (Fsp3) is 0.350. The maximum atomic E-state index is 13.0. The third kappa shape index (κ3) is 5.22. The van der Waals surface area contributed by atoms with Crippen molar-refractivity contribution in [1.29, 1.82) is 0 Å². The summed E-state index contributed by atoms with van der Waals surface area (Å²) in [4.78, 5) is 12.7. The number of ether oxygens (including phenoxy) is 1. The number of sulfonamides is 1. The topological polar surface area (TPSA) is 75.7 Å². The largest absolute Gasteiger partial charge is 0.494 e. The van der Waals surface area contributed by atoms with Gasteiger partial charge in [-0.25, -0.2) is 8.42 Å². The molecular formula is C20H22Cl2N2O4S. The molecular weight excluding hydrogens is 435 g/mol. The number of anilines is 1. The van der Waals surface area contributed by atoms with Crippen molar-refractivity contribution in [1.82, 2.24) is 4.31 Å². The predicted octanol–water partition coefficient (Wildman–Crippen LogP) is 4.43. The van der Waals surface area contributed by atoms with E-state index in [1.54, 1.807) is 24.3 Å². The van der Waals surface area contributed by atoms with Gasteiger partial charge in [-0.05, 0) is 62.2 Å². The first-order valence-electron chi connectivity index (χ1n) is 9.30. The molecule has 2 aromatic carbocycles. The summed E-state index contributed by atoms with van der Waals surface area (Å²) in [5.74, 6) is 0.0492. The van der Waals surface area contributed by atoms with Gasteiger partial charge in [0.2, 0.25) is 15.9 Å². The molecule has 156 valence electrons. The second-order valence-electron chi connectivity index (χ2n) is 6.72. The number of hydrogen-bond acceptors (Lipinski definition) is 4. The lowest BCUT2D eigenvalue weighted by Gasteiger charge is -2.31. The molecule has 0 aliphatic carbocycles. The Balaban J connectivity index is 1.71. The Labute approximate surface area is 180 Å². The number of nitrogens with one attached hydrogen (secondary N) is 1. The standard InChI is InChI=1S/C20H22Cl2N2O4S/c1-2-28-17-8-6-16(7-9-17)23-20(25)14-4-3-11-24(13-14)29(26,27)19-12-15(21)5-10-18(19)22/h5-10,12,14H,2-4,11,13H2,1H3,(H,23,25)/t14-/m0/s1. The highest BCUT2D eigenvalue weighted by Gasteiger charge is 2.34. The predicted molar refractivity (Wildman–Crippen MR) is 114 cm³/mol. The molecule has 29 heavy (non-hydrogen) atoms. The first kappa shape index (κ1) is 21.9. The smallest absolute Gasteiger partial charge is 0.244 e. The molecule has 9 heteroatoms. The van der Waals surface area contributed by atoms with Gasteiger partial charge in [0.05, 0.1) is 17.5 Å². The van der Waals surface area contributed by atoms with Crippen molar-refractivity contribution in [2.24, 2.45) is 5.92 Å². The minimum Gasteiger partial charge on any atom is -0.494 e. The van der Waals surface area contributed by atoms with E-state index in [0.717, 1.165) is 5.75 Å². The van der Waals surface area contributed by atoms with E-state index < -0.39 is 15.9 Å². The molecule has 1 saturated heterocycles. The Morgan fingerprint density at radius 1 is 1.21 bits per heavy atom. The molecule has 1 amide bonds. The number of nitrogens with zero attached hydrogens (tertiary/aromatic N) is 1. The molecule has 3 rings (SSSR count). The van der Waals surface area contributed by atoms with Crippen molar-refractivity contribution in [2.45, 2.75) is 24.7 Å². The SMILES string of the molecule is CCOc1ccc(NC(=O)[C@H]2CCCN(S(=O)(=O)c3cc(Cl)ccc3Cl)C2)cc1. The fourth-order valence-electron chi connectivity index (χ4n) is 3.23. The van der Waals surface area contributed by atoms with Crippen LogP contribution in [0.15, 0.2) is 47.4 Å². The summed E-state index contributed by atoms with van der Waals surface area (Å²) in [7, 11) is -3.85. The number of halogens is 2. The van der Waals surface area contributed by atoms with E-state index in [2.05, 4.69) is 5.32 Å². The van der Waals surface area contributed by atoms with Gasteiger partial charge in [-0.15, -0.1) is 0 Å². The van der Waals surface area contributed by atoms with Crippen LogP contribution in [0.25, 0.3) is 0 Å². The van der Waals surface area contributed by atoms with Crippen LogP contribution < -0.4 is 10.1 Å². The van der Waals surface area contributed by atoms with Crippen molar-refractivity contribution in [2.75, 3.05) is 25.0 Å². The summed E-state index contributed by atoms with van der Waals surface area (Å²) in [5, 5.41) is 3.24. The lowest BCUT2D eigenvalue weighted by Crippen LogP contribution is -2.43. The first-order valence-corrected chi connectivity index (χ1v) is 11.5. The molecule has 6 nitrogen and oxygen atoms in total. The van der Waals surface area contributed by atoms with Gasteiger partial charge in [0.1, 0.15) is 10.6 Å². The van der Waals surface area contributed by atoms with Gasteiger partial charge in [-0.2, -0.15) is 4.31 Å². The molecule has 1 aliphatic heterocycles. The van der Waals surface area contributed by atoms with Gasteiger partial charge in [0.15, 0.2) is 0 Å². The molecule has 0 aromatic heterocycles. The van der Waals surface area contributed by atoms with Crippen LogP contribution in [0.5, 0.6) is 5.75 Å². The summed E-state index contributed by atoms with van der Waals surface area (Å²) in [5.41, 5.74) is 0.635. The van der Waals surface area contributed by atoms with Crippen LogP contribution in [0, 0.1) is 5.92 Å². The third-order valence-electron chi connectivity index (χ3n) is 4.70. The summed E-state index contributed by atoms with van der Waals surface area (Å²) >= 11 is 12.0. The van der Waals surface area contributed by atoms with E-state index in [0.29, 0.717) is 31.7 Å². The highest BCUT2D eigenvalue weighted by atomic mass is 35.5. The molecule has 0 bridgehead atoms. The average molecular weight is 457 g/mol. The number of carbonyl (C=O) groups excluding carboxylic acids is 1. The number of hydrogen-bond donors (Lipinski definition) is 1. The van der Waals surface area contributed by atoms with E-state index in [-0.39, 0.29) is 27.4 Å². The molecule has 1 heterocycles. The van der Waals surface area contributed by atoms with Gasteiger partial charge in [-0.3, -0.25) is 4.79 Å². The average Bonchev–Trinajstić information content (AvgIpc) is 2.71. The Hall–Kier alpha value is -1.80. The molecule has 2 aromatic rings. The quantitative estimate of drug-likeness (QED) is 0.697. The molecule has 0 spiro atoms. The van der Waals surface area contributed by atoms with Crippen molar-refractivity contribution >= 4 is 44.8 Å². The summed E-state index contributed by atoms with van der Waals surface area (Å²) in [6.45, 7) is 2.88. The number of piperidine rings is 1. The van der Waals surface area contributed by atoms with Crippen molar-refractivity contribution < 1.29 is 17.9 Å². The fourth-order valence-corrected chi connectivity index (χ4v) is 5.50. The van der Waals surface area contributed by atoms with Crippen LogP contribution in [-0.4, -0.2) is 38.3 Å². The maximum absolute atomic E-state index is 13.0. The monoisotopic (exact) mass is 456 g/mol. The Morgan fingerprint density at radius 2 is 1.93 bits per heavy atom. The number of carbonyl (C=O) groups is 1.